The molecule has 1 aromatic rings. The van der Waals surface area contributed by atoms with Gasteiger partial charge in [-0.2, -0.15) is 4.31 Å². The van der Waals surface area contributed by atoms with Crippen molar-refractivity contribution in [3.63, 3.8) is 0 Å². The molecule has 8 heteroatoms. The Bertz CT molecular complexity index is 586. The molecule has 0 aromatic heterocycles. The van der Waals surface area contributed by atoms with Crippen LogP contribution in [0, 0.1) is 0 Å². The third kappa shape index (κ3) is 2.81. The fraction of sp³-hybridized carbons (Fsp3) is 0.364. The Labute approximate surface area is 118 Å². The summed E-state index contributed by atoms with van der Waals surface area (Å²) in [6, 6.07) is 4.69. The zero-order chi connectivity index (χ0) is 14.2. The summed E-state index contributed by atoms with van der Waals surface area (Å²) in [7, 11) is -3.91. The second-order valence-corrected chi connectivity index (χ2v) is 7.08. The molecular formula is C11H12BrNO5S. The van der Waals surface area contributed by atoms with Gasteiger partial charge < -0.3 is 10.2 Å². The van der Waals surface area contributed by atoms with Crippen molar-refractivity contribution in [1.29, 1.82) is 0 Å². The summed E-state index contributed by atoms with van der Waals surface area (Å²) in [5, 5.41) is 18.5. The zero-order valence-electron chi connectivity index (χ0n) is 9.73. The van der Waals surface area contributed by atoms with Crippen LogP contribution >= 0.6 is 15.9 Å². The van der Waals surface area contributed by atoms with E-state index in [2.05, 4.69) is 15.9 Å². The number of halogens is 1. The van der Waals surface area contributed by atoms with Crippen LogP contribution in [0.4, 0.5) is 0 Å². The summed E-state index contributed by atoms with van der Waals surface area (Å²) >= 11 is 3.20. The van der Waals surface area contributed by atoms with E-state index in [0.717, 1.165) is 8.78 Å². The highest BCUT2D eigenvalue weighted by Crippen LogP contribution is 2.27. The van der Waals surface area contributed by atoms with E-state index >= 15 is 0 Å². The number of rotatable bonds is 3. The van der Waals surface area contributed by atoms with Crippen LogP contribution in [0.2, 0.25) is 0 Å². The minimum absolute atomic E-state index is 0.0102. The minimum atomic E-state index is -3.91. The summed E-state index contributed by atoms with van der Waals surface area (Å²) in [5.74, 6) is -1.25. The van der Waals surface area contributed by atoms with Crippen LogP contribution < -0.4 is 0 Å². The van der Waals surface area contributed by atoms with Gasteiger partial charge in [-0.05, 0) is 24.3 Å². The first-order chi connectivity index (χ1) is 8.82. The molecule has 19 heavy (non-hydrogen) atoms. The molecule has 1 aromatic carbocycles. The van der Waals surface area contributed by atoms with Gasteiger partial charge >= 0.3 is 5.97 Å². The Kier molecular flexibility index (Phi) is 3.95. The van der Waals surface area contributed by atoms with E-state index in [-0.39, 0.29) is 17.9 Å². The number of nitrogens with zero attached hydrogens (tertiary/aromatic N) is 1. The first-order valence-electron chi connectivity index (χ1n) is 5.50. The molecule has 0 amide bonds. The maximum atomic E-state index is 12.3. The van der Waals surface area contributed by atoms with Gasteiger partial charge in [0.2, 0.25) is 10.0 Å². The largest absolute Gasteiger partial charge is 0.480 e. The van der Waals surface area contributed by atoms with E-state index in [9.17, 15) is 18.3 Å². The van der Waals surface area contributed by atoms with Crippen molar-refractivity contribution in [2.24, 2.45) is 0 Å². The monoisotopic (exact) mass is 349 g/mol. The summed E-state index contributed by atoms with van der Waals surface area (Å²) in [4.78, 5) is 11.1. The fourth-order valence-electron chi connectivity index (χ4n) is 2.02. The quantitative estimate of drug-likeness (QED) is 0.835. The van der Waals surface area contributed by atoms with Gasteiger partial charge in [0.25, 0.3) is 0 Å². The first-order valence-corrected chi connectivity index (χ1v) is 7.74. The number of aliphatic hydroxyl groups is 1. The number of carboxylic acids is 1. The second-order valence-electron chi connectivity index (χ2n) is 4.27. The normalized spacial score (nSPS) is 24.5. The lowest BCUT2D eigenvalue weighted by Crippen LogP contribution is -2.40. The van der Waals surface area contributed by atoms with Crippen LogP contribution in [-0.2, 0) is 14.8 Å². The molecule has 1 heterocycles. The lowest BCUT2D eigenvalue weighted by molar-refractivity contribution is -0.140. The Balaban J connectivity index is 2.38. The van der Waals surface area contributed by atoms with Crippen LogP contribution in [-0.4, -0.2) is 47.6 Å². The highest BCUT2D eigenvalue weighted by Gasteiger charge is 2.43. The summed E-state index contributed by atoms with van der Waals surface area (Å²) in [5.41, 5.74) is 0. The predicted octanol–water partition coefficient (Wildman–Crippen LogP) is 0.658. The van der Waals surface area contributed by atoms with Gasteiger partial charge in [0.15, 0.2) is 0 Å². The van der Waals surface area contributed by atoms with E-state index in [4.69, 9.17) is 5.11 Å². The number of hydrogen-bond donors (Lipinski definition) is 2. The average Bonchev–Trinajstić information content (AvgIpc) is 2.73. The lowest BCUT2D eigenvalue weighted by Gasteiger charge is -2.20. The number of carboxylic acid groups (broad SMARTS) is 1. The highest BCUT2D eigenvalue weighted by molar-refractivity contribution is 9.10. The van der Waals surface area contributed by atoms with Gasteiger partial charge in [-0.3, -0.25) is 4.79 Å². The number of aliphatic hydroxyl groups excluding tert-OH is 1. The molecule has 2 rings (SSSR count). The molecule has 0 spiro atoms. The van der Waals surface area contributed by atoms with Crippen LogP contribution in [0.5, 0.6) is 0 Å². The Hall–Kier alpha value is -0.960. The second kappa shape index (κ2) is 5.20. The van der Waals surface area contributed by atoms with E-state index in [1.807, 2.05) is 0 Å². The molecule has 2 atom stereocenters. The number of sulfonamides is 1. The first kappa shape index (κ1) is 14.4. The summed E-state index contributed by atoms with van der Waals surface area (Å²) in [6.45, 7) is -0.199. The molecule has 104 valence electrons. The molecule has 0 saturated carbocycles. The van der Waals surface area contributed by atoms with Crippen LogP contribution in [0.1, 0.15) is 6.42 Å². The van der Waals surface area contributed by atoms with Crippen molar-refractivity contribution in [2.75, 3.05) is 6.54 Å². The third-order valence-corrected chi connectivity index (χ3v) is 5.36. The number of benzene rings is 1. The minimum Gasteiger partial charge on any atom is -0.480 e. The van der Waals surface area contributed by atoms with Crippen molar-refractivity contribution in [1.82, 2.24) is 4.31 Å². The van der Waals surface area contributed by atoms with Crippen molar-refractivity contribution < 1.29 is 23.4 Å². The number of β-amino-alcohol motifs (C(OH)–C–C–N with tert-alkyl or cyclic N) is 1. The SMILES string of the molecule is O=C(O)[C@H]1C[C@H](O)CN1S(=O)(=O)c1ccc(Br)cc1. The van der Waals surface area contributed by atoms with E-state index < -0.39 is 28.1 Å². The standard InChI is InChI=1S/C11H12BrNO5S/c12-7-1-3-9(4-2-7)19(17,18)13-6-8(14)5-10(13)11(15)16/h1-4,8,10,14H,5-6H2,(H,15,16)/t8-,10+/m0/s1. The Morgan fingerprint density at radius 2 is 1.89 bits per heavy atom. The highest BCUT2D eigenvalue weighted by atomic mass is 79.9. The maximum Gasteiger partial charge on any atom is 0.322 e. The van der Waals surface area contributed by atoms with E-state index in [0.29, 0.717) is 0 Å². The lowest BCUT2D eigenvalue weighted by atomic mass is 10.2. The van der Waals surface area contributed by atoms with Gasteiger partial charge in [-0.25, -0.2) is 8.42 Å². The molecule has 0 bridgehead atoms. The van der Waals surface area contributed by atoms with Gasteiger partial charge in [-0.1, -0.05) is 15.9 Å². The van der Waals surface area contributed by atoms with Gasteiger partial charge in [0, 0.05) is 17.4 Å². The van der Waals surface area contributed by atoms with Gasteiger partial charge in [0.05, 0.1) is 11.0 Å². The van der Waals surface area contributed by atoms with Gasteiger partial charge in [-0.15, -0.1) is 0 Å². The van der Waals surface area contributed by atoms with Crippen LogP contribution in [0.25, 0.3) is 0 Å². The van der Waals surface area contributed by atoms with E-state index in [1.165, 1.54) is 12.1 Å². The van der Waals surface area contributed by atoms with E-state index in [1.54, 1.807) is 12.1 Å². The van der Waals surface area contributed by atoms with Crippen LogP contribution in [0.3, 0.4) is 0 Å². The topological polar surface area (TPSA) is 94.9 Å². The third-order valence-electron chi connectivity index (χ3n) is 2.94. The molecule has 6 nitrogen and oxygen atoms in total. The molecule has 0 radical (unpaired) electrons. The smallest absolute Gasteiger partial charge is 0.322 e. The molecule has 0 aliphatic carbocycles. The van der Waals surface area contributed by atoms with Crippen molar-refractivity contribution in [3.05, 3.63) is 28.7 Å². The predicted molar refractivity (Wildman–Crippen MR) is 70.1 cm³/mol. The van der Waals surface area contributed by atoms with Crippen LogP contribution in [0.15, 0.2) is 33.6 Å². The molecule has 1 fully saturated rings. The zero-order valence-corrected chi connectivity index (χ0v) is 12.1. The molecule has 1 saturated heterocycles. The summed E-state index contributed by atoms with van der Waals surface area (Å²) < 4.78 is 26.2. The molecule has 0 unspecified atom stereocenters. The Morgan fingerprint density at radius 1 is 1.32 bits per heavy atom. The van der Waals surface area contributed by atoms with Crippen molar-refractivity contribution in [2.45, 2.75) is 23.5 Å². The number of aliphatic carboxylic acids is 1. The molecule has 1 aliphatic heterocycles. The van der Waals surface area contributed by atoms with Gasteiger partial charge in [0.1, 0.15) is 6.04 Å². The average molecular weight is 350 g/mol. The fourth-order valence-corrected chi connectivity index (χ4v) is 3.91. The Morgan fingerprint density at radius 3 is 2.42 bits per heavy atom. The van der Waals surface area contributed by atoms with Crippen molar-refractivity contribution >= 4 is 31.9 Å². The number of hydrogen-bond acceptors (Lipinski definition) is 4. The molecule has 2 N–H and O–H groups in total. The molecular weight excluding hydrogens is 338 g/mol. The summed E-state index contributed by atoms with van der Waals surface area (Å²) in [6.07, 6.45) is -1.04. The number of carbonyl (C=O) groups is 1. The maximum absolute atomic E-state index is 12.3. The molecule has 1 aliphatic rings. The van der Waals surface area contributed by atoms with Crippen molar-refractivity contribution in [3.8, 4) is 0 Å².